The molecule has 0 aromatic heterocycles. The molecule has 112 valence electrons. The zero-order valence-electron chi connectivity index (χ0n) is 10.9. The van der Waals surface area contributed by atoms with Gasteiger partial charge in [0.1, 0.15) is 10.7 Å². The highest BCUT2D eigenvalue weighted by molar-refractivity contribution is 9.10. The molecular formula is C11H14BrFN2O4S. The summed E-state index contributed by atoms with van der Waals surface area (Å²) in [6, 6.07) is 2.01. The number of carbonyl (C=O) groups excluding carboxylic acids is 1. The number of carbonyl (C=O) groups is 1. The first kappa shape index (κ1) is 16.9. The molecule has 0 atom stereocenters. The minimum atomic E-state index is -4.06. The molecule has 0 saturated heterocycles. The van der Waals surface area contributed by atoms with Crippen molar-refractivity contribution >= 4 is 37.6 Å². The fourth-order valence-corrected chi connectivity index (χ4v) is 2.95. The fourth-order valence-electron chi connectivity index (χ4n) is 1.38. The number of methoxy groups -OCH3 is 1. The molecule has 1 aromatic rings. The van der Waals surface area contributed by atoms with Gasteiger partial charge in [0.2, 0.25) is 10.0 Å². The van der Waals surface area contributed by atoms with E-state index in [0.717, 1.165) is 16.4 Å². The number of nitrogen functional groups attached to an aromatic ring is 1. The lowest BCUT2D eigenvalue weighted by Gasteiger charge is -2.17. The van der Waals surface area contributed by atoms with E-state index in [1.54, 1.807) is 0 Å². The fraction of sp³-hybridized carbons (Fsp3) is 0.364. The second-order valence-electron chi connectivity index (χ2n) is 3.96. The van der Waals surface area contributed by atoms with Gasteiger partial charge in [0.05, 0.1) is 13.5 Å². The molecule has 6 nitrogen and oxygen atoms in total. The van der Waals surface area contributed by atoms with E-state index >= 15 is 0 Å². The number of nitrogens with zero attached hydrogens (tertiary/aromatic N) is 1. The Hall–Kier alpha value is -1.19. The molecule has 0 fully saturated rings. The Kier molecular flexibility index (Phi) is 5.49. The molecule has 0 aliphatic rings. The highest BCUT2D eigenvalue weighted by atomic mass is 79.9. The predicted molar refractivity (Wildman–Crippen MR) is 75.0 cm³/mol. The minimum absolute atomic E-state index is 0.103. The normalized spacial score (nSPS) is 11.7. The monoisotopic (exact) mass is 368 g/mol. The second kappa shape index (κ2) is 6.51. The molecule has 0 heterocycles. The molecule has 20 heavy (non-hydrogen) atoms. The number of sulfonamides is 1. The molecule has 1 aromatic carbocycles. The Balaban J connectivity index is 3.04. The van der Waals surface area contributed by atoms with Crippen LogP contribution in [0.15, 0.2) is 21.5 Å². The summed E-state index contributed by atoms with van der Waals surface area (Å²) in [5.41, 5.74) is 5.66. The van der Waals surface area contributed by atoms with E-state index in [-0.39, 0.29) is 23.1 Å². The maximum absolute atomic E-state index is 13.8. The van der Waals surface area contributed by atoms with Gasteiger partial charge in [0.25, 0.3) is 0 Å². The SMILES string of the molecule is COC(=O)CCN(C)S(=O)(=O)c1cc(N)c(Br)cc1F. The molecular weight excluding hydrogens is 355 g/mol. The third kappa shape index (κ3) is 3.68. The first-order valence-corrected chi connectivity index (χ1v) is 7.71. The van der Waals surface area contributed by atoms with Crippen LogP contribution in [0.25, 0.3) is 0 Å². The van der Waals surface area contributed by atoms with Crippen molar-refractivity contribution in [2.45, 2.75) is 11.3 Å². The van der Waals surface area contributed by atoms with Crippen molar-refractivity contribution in [2.75, 3.05) is 26.4 Å². The van der Waals surface area contributed by atoms with Crippen molar-refractivity contribution in [3.8, 4) is 0 Å². The largest absolute Gasteiger partial charge is 0.469 e. The van der Waals surface area contributed by atoms with Crippen molar-refractivity contribution < 1.29 is 22.3 Å². The Morgan fingerprint density at radius 1 is 1.50 bits per heavy atom. The highest BCUT2D eigenvalue weighted by Crippen LogP contribution is 2.27. The maximum atomic E-state index is 13.8. The molecule has 0 aliphatic heterocycles. The average Bonchev–Trinajstić information content (AvgIpc) is 2.39. The van der Waals surface area contributed by atoms with E-state index in [1.807, 2.05) is 0 Å². The van der Waals surface area contributed by atoms with Gasteiger partial charge < -0.3 is 10.5 Å². The average molecular weight is 369 g/mol. The van der Waals surface area contributed by atoms with E-state index in [4.69, 9.17) is 5.73 Å². The summed E-state index contributed by atoms with van der Waals surface area (Å²) < 4.78 is 43.7. The van der Waals surface area contributed by atoms with Gasteiger partial charge >= 0.3 is 5.97 Å². The Morgan fingerprint density at radius 2 is 2.10 bits per heavy atom. The number of ether oxygens (including phenoxy) is 1. The van der Waals surface area contributed by atoms with Gasteiger partial charge in [-0.25, -0.2) is 17.1 Å². The molecule has 0 unspecified atom stereocenters. The van der Waals surface area contributed by atoms with Crippen LogP contribution in [-0.4, -0.2) is 39.4 Å². The van der Waals surface area contributed by atoms with Crippen LogP contribution >= 0.6 is 15.9 Å². The number of benzene rings is 1. The van der Waals surface area contributed by atoms with Gasteiger partial charge in [-0.2, -0.15) is 0 Å². The van der Waals surface area contributed by atoms with Gasteiger partial charge in [-0.1, -0.05) is 0 Å². The smallest absolute Gasteiger partial charge is 0.306 e. The van der Waals surface area contributed by atoms with Crippen molar-refractivity contribution in [3.63, 3.8) is 0 Å². The van der Waals surface area contributed by atoms with Crippen LogP contribution in [0.3, 0.4) is 0 Å². The molecule has 0 radical (unpaired) electrons. The molecule has 0 bridgehead atoms. The third-order valence-electron chi connectivity index (χ3n) is 2.60. The van der Waals surface area contributed by atoms with E-state index < -0.39 is 26.7 Å². The van der Waals surface area contributed by atoms with E-state index in [0.29, 0.717) is 0 Å². The zero-order chi connectivity index (χ0) is 15.5. The van der Waals surface area contributed by atoms with E-state index in [1.165, 1.54) is 14.2 Å². The van der Waals surface area contributed by atoms with E-state index in [2.05, 4.69) is 20.7 Å². The Bertz CT molecular complexity index is 621. The maximum Gasteiger partial charge on any atom is 0.306 e. The van der Waals surface area contributed by atoms with Crippen molar-refractivity contribution in [1.29, 1.82) is 0 Å². The van der Waals surface area contributed by atoms with Crippen LogP contribution in [0.1, 0.15) is 6.42 Å². The van der Waals surface area contributed by atoms with Crippen LogP contribution in [0, 0.1) is 5.82 Å². The Morgan fingerprint density at radius 3 is 2.65 bits per heavy atom. The van der Waals surface area contributed by atoms with Gasteiger partial charge in [0.15, 0.2) is 0 Å². The molecule has 0 saturated carbocycles. The first-order chi connectivity index (χ1) is 9.20. The molecule has 2 N–H and O–H groups in total. The minimum Gasteiger partial charge on any atom is -0.469 e. The number of hydrogen-bond donors (Lipinski definition) is 1. The number of anilines is 1. The molecule has 0 amide bonds. The van der Waals surface area contributed by atoms with Crippen molar-refractivity contribution in [1.82, 2.24) is 4.31 Å². The van der Waals surface area contributed by atoms with Gasteiger partial charge in [-0.3, -0.25) is 4.79 Å². The molecule has 0 spiro atoms. The number of esters is 1. The standard InChI is InChI=1S/C11H14BrFN2O4S/c1-15(4-3-11(16)19-2)20(17,18)10-6-9(14)7(12)5-8(10)13/h5-6H,3-4,14H2,1-2H3. The number of hydrogen-bond acceptors (Lipinski definition) is 5. The predicted octanol–water partition coefficient (Wildman–Crippen LogP) is 1.35. The quantitative estimate of drug-likeness (QED) is 0.625. The summed E-state index contributed by atoms with van der Waals surface area (Å²) in [5, 5.41) is 0. The van der Waals surface area contributed by atoms with Crippen LogP contribution in [0.2, 0.25) is 0 Å². The molecule has 9 heteroatoms. The van der Waals surface area contributed by atoms with Crippen LogP contribution in [0.5, 0.6) is 0 Å². The first-order valence-electron chi connectivity index (χ1n) is 5.47. The number of nitrogens with two attached hydrogens (primary N) is 1. The lowest BCUT2D eigenvalue weighted by molar-refractivity contribution is -0.140. The topological polar surface area (TPSA) is 89.7 Å². The van der Waals surface area contributed by atoms with Gasteiger partial charge in [-0.05, 0) is 28.1 Å². The number of rotatable bonds is 5. The molecule has 0 aliphatic carbocycles. The third-order valence-corrected chi connectivity index (χ3v) is 5.16. The van der Waals surface area contributed by atoms with Crippen LogP contribution in [0.4, 0.5) is 10.1 Å². The summed E-state index contributed by atoms with van der Waals surface area (Å²) in [4.78, 5) is 10.5. The van der Waals surface area contributed by atoms with Gasteiger partial charge in [0, 0.05) is 23.8 Å². The lowest BCUT2D eigenvalue weighted by atomic mass is 10.3. The summed E-state index contributed by atoms with van der Waals surface area (Å²) in [6.45, 7) is -0.121. The van der Waals surface area contributed by atoms with Crippen LogP contribution in [-0.2, 0) is 19.6 Å². The lowest BCUT2D eigenvalue weighted by Crippen LogP contribution is -2.30. The summed E-state index contributed by atoms with van der Waals surface area (Å²) >= 11 is 3.01. The summed E-state index contributed by atoms with van der Waals surface area (Å²) in [6.07, 6.45) is -0.125. The highest BCUT2D eigenvalue weighted by Gasteiger charge is 2.26. The van der Waals surface area contributed by atoms with Crippen molar-refractivity contribution in [3.05, 3.63) is 22.4 Å². The van der Waals surface area contributed by atoms with Crippen molar-refractivity contribution in [2.24, 2.45) is 0 Å². The Labute approximate surface area is 124 Å². The summed E-state index contributed by atoms with van der Waals surface area (Å²) in [5.74, 6) is -1.47. The zero-order valence-corrected chi connectivity index (χ0v) is 13.3. The van der Waals surface area contributed by atoms with Gasteiger partial charge in [-0.15, -0.1) is 0 Å². The second-order valence-corrected chi connectivity index (χ2v) is 6.82. The van der Waals surface area contributed by atoms with E-state index in [9.17, 15) is 17.6 Å². The molecule has 1 rings (SSSR count). The summed E-state index contributed by atoms with van der Waals surface area (Å²) in [7, 11) is -1.62. The number of halogens is 2. The van der Waals surface area contributed by atoms with Crippen LogP contribution < -0.4 is 5.73 Å².